The Morgan fingerprint density at radius 1 is 1.23 bits per heavy atom. The van der Waals surface area contributed by atoms with Crippen molar-refractivity contribution in [1.29, 1.82) is 0 Å². The number of nitrogens with one attached hydrogen (secondary N) is 1. The van der Waals surface area contributed by atoms with Gasteiger partial charge in [-0.1, -0.05) is 55.9 Å². The lowest BCUT2D eigenvalue weighted by Gasteiger charge is -2.14. The Bertz CT molecular complexity index is 611. The predicted molar refractivity (Wildman–Crippen MR) is 89.1 cm³/mol. The number of amides is 1. The molecule has 0 aromatic rings. The quantitative estimate of drug-likeness (QED) is 0.739. The van der Waals surface area contributed by atoms with Gasteiger partial charge in [0.1, 0.15) is 0 Å². The third-order valence-corrected chi connectivity index (χ3v) is 6.05. The zero-order valence-corrected chi connectivity index (χ0v) is 13.3. The van der Waals surface area contributed by atoms with Crippen LogP contribution in [-0.2, 0) is 4.79 Å². The summed E-state index contributed by atoms with van der Waals surface area (Å²) in [6, 6.07) is 0. The van der Waals surface area contributed by atoms with Crippen LogP contribution in [-0.4, -0.2) is 12.5 Å². The molecule has 2 saturated carbocycles. The Morgan fingerprint density at radius 2 is 2.14 bits per heavy atom. The van der Waals surface area contributed by atoms with Crippen LogP contribution in [0, 0.1) is 22.7 Å². The molecule has 0 saturated heterocycles. The number of hydrogen-bond acceptors (Lipinski definition) is 1. The fourth-order valence-corrected chi connectivity index (χ4v) is 4.06. The van der Waals surface area contributed by atoms with Gasteiger partial charge in [0.05, 0.1) is 0 Å². The lowest BCUT2D eigenvalue weighted by Crippen LogP contribution is -2.26. The van der Waals surface area contributed by atoms with Gasteiger partial charge in [-0.25, -0.2) is 0 Å². The highest BCUT2D eigenvalue weighted by Gasteiger charge is 2.50. The van der Waals surface area contributed by atoms with Crippen LogP contribution in [0.25, 0.3) is 0 Å². The first kappa shape index (κ1) is 14.0. The van der Waals surface area contributed by atoms with Crippen molar-refractivity contribution < 1.29 is 4.79 Å². The monoisotopic (exact) mass is 295 g/mol. The molecule has 4 aliphatic carbocycles. The Labute approximate surface area is 133 Å². The van der Waals surface area contributed by atoms with E-state index in [1.165, 1.54) is 25.7 Å². The normalized spacial score (nSPS) is 39.8. The number of carbonyl (C=O) groups is 1. The first-order chi connectivity index (χ1) is 10.6. The fraction of sp³-hybridized carbons (Fsp3) is 0.550. The van der Waals surface area contributed by atoms with E-state index in [-0.39, 0.29) is 5.91 Å². The van der Waals surface area contributed by atoms with E-state index < -0.39 is 0 Å². The Balaban J connectivity index is 1.16. The van der Waals surface area contributed by atoms with E-state index in [1.54, 1.807) is 0 Å². The smallest absolute Gasteiger partial charge is 0.250 e. The van der Waals surface area contributed by atoms with Crippen LogP contribution in [0.3, 0.4) is 0 Å². The Hall–Kier alpha value is -1.57. The summed E-state index contributed by atoms with van der Waals surface area (Å²) in [5, 5.41) is 3.08. The van der Waals surface area contributed by atoms with Crippen molar-refractivity contribution in [2.45, 2.75) is 39.0 Å². The van der Waals surface area contributed by atoms with Gasteiger partial charge in [-0.2, -0.15) is 0 Å². The van der Waals surface area contributed by atoms with Gasteiger partial charge < -0.3 is 5.32 Å². The summed E-state index contributed by atoms with van der Waals surface area (Å²) in [7, 11) is 0. The molecule has 4 unspecified atom stereocenters. The molecule has 0 radical (unpaired) electrons. The SMILES string of the molecule is CC12C=CC(C(=O)NCCCCC34C=CC=CC3C4)=CC1C2. The zero-order valence-electron chi connectivity index (χ0n) is 13.3. The van der Waals surface area contributed by atoms with Crippen LogP contribution >= 0.6 is 0 Å². The summed E-state index contributed by atoms with van der Waals surface area (Å²) in [4.78, 5) is 12.2. The van der Waals surface area contributed by atoms with Crippen LogP contribution < -0.4 is 5.32 Å². The molecule has 4 aliphatic rings. The first-order valence-corrected chi connectivity index (χ1v) is 8.67. The molecule has 0 bridgehead atoms. The third kappa shape index (κ3) is 2.49. The van der Waals surface area contributed by atoms with Crippen molar-refractivity contribution in [1.82, 2.24) is 5.32 Å². The zero-order chi connectivity index (χ0) is 15.2. The number of allylic oxidation sites excluding steroid dienone is 6. The summed E-state index contributed by atoms with van der Waals surface area (Å²) >= 11 is 0. The van der Waals surface area contributed by atoms with Crippen molar-refractivity contribution in [2.75, 3.05) is 6.54 Å². The van der Waals surface area contributed by atoms with Crippen molar-refractivity contribution in [3.8, 4) is 0 Å². The minimum atomic E-state index is 0.105. The van der Waals surface area contributed by atoms with Crippen LogP contribution in [0.15, 0.2) is 48.1 Å². The summed E-state index contributed by atoms with van der Waals surface area (Å²) in [6.07, 6.45) is 21.5. The van der Waals surface area contributed by atoms with E-state index >= 15 is 0 Å². The van der Waals surface area contributed by atoms with Gasteiger partial charge in [0.25, 0.3) is 5.91 Å². The van der Waals surface area contributed by atoms with Gasteiger partial charge in [0.15, 0.2) is 0 Å². The molecule has 0 heterocycles. The highest BCUT2D eigenvalue weighted by atomic mass is 16.1. The highest BCUT2D eigenvalue weighted by molar-refractivity contribution is 5.96. The van der Waals surface area contributed by atoms with Crippen molar-refractivity contribution in [3.05, 3.63) is 48.1 Å². The Kier molecular flexibility index (Phi) is 3.18. The van der Waals surface area contributed by atoms with Crippen molar-refractivity contribution >= 4 is 5.91 Å². The van der Waals surface area contributed by atoms with Crippen LogP contribution in [0.1, 0.15) is 39.0 Å². The molecule has 2 nitrogen and oxygen atoms in total. The fourth-order valence-electron chi connectivity index (χ4n) is 4.06. The van der Waals surface area contributed by atoms with Gasteiger partial charge >= 0.3 is 0 Å². The summed E-state index contributed by atoms with van der Waals surface area (Å²) in [5.41, 5.74) is 1.69. The van der Waals surface area contributed by atoms with Crippen LogP contribution in [0.4, 0.5) is 0 Å². The Morgan fingerprint density at radius 3 is 2.95 bits per heavy atom. The van der Waals surface area contributed by atoms with Gasteiger partial charge in [-0.3, -0.25) is 4.79 Å². The molecule has 1 N–H and O–H groups in total. The second-order valence-electron chi connectivity index (χ2n) is 7.77. The number of fused-ring (bicyclic) bond motifs is 2. The molecule has 2 fully saturated rings. The van der Waals surface area contributed by atoms with E-state index in [0.29, 0.717) is 16.7 Å². The van der Waals surface area contributed by atoms with Gasteiger partial charge in [-0.15, -0.1) is 0 Å². The number of rotatable bonds is 6. The molecular weight excluding hydrogens is 270 g/mol. The van der Waals surface area contributed by atoms with E-state index in [4.69, 9.17) is 0 Å². The minimum Gasteiger partial charge on any atom is -0.352 e. The largest absolute Gasteiger partial charge is 0.352 e. The summed E-state index contributed by atoms with van der Waals surface area (Å²) in [6.45, 7) is 3.06. The second kappa shape index (κ2) is 4.97. The molecule has 4 rings (SSSR count). The summed E-state index contributed by atoms with van der Waals surface area (Å²) < 4.78 is 0. The minimum absolute atomic E-state index is 0.105. The molecule has 0 spiro atoms. The topological polar surface area (TPSA) is 29.1 Å². The van der Waals surface area contributed by atoms with E-state index in [0.717, 1.165) is 24.5 Å². The average Bonchev–Trinajstić information content (AvgIpc) is 3.38. The van der Waals surface area contributed by atoms with Crippen LogP contribution in [0.2, 0.25) is 0 Å². The number of hydrogen-bond donors (Lipinski definition) is 1. The average molecular weight is 295 g/mol. The molecular formula is C20H25NO. The lowest BCUT2D eigenvalue weighted by atomic mass is 9.93. The maximum atomic E-state index is 12.2. The third-order valence-electron chi connectivity index (χ3n) is 6.05. The van der Waals surface area contributed by atoms with Crippen LogP contribution in [0.5, 0.6) is 0 Å². The molecule has 0 aromatic heterocycles. The van der Waals surface area contributed by atoms with Gasteiger partial charge in [-0.05, 0) is 48.3 Å². The lowest BCUT2D eigenvalue weighted by molar-refractivity contribution is -0.117. The van der Waals surface area contributed by atoms with Crippen molar-refractivity contribution in [3.63, 3.8) is 0 Å². The standard InChI is InChI=1S/C20H25NO/c1-19-10-7-15(12-17(19)13-19)18(22)21-11-5-4-9-20-8-3-2-6-16(20)14-20/h2-3,6-8,10,12,16-17H,4-5,9,11,13-14H2,1H3,(H,21,22). The molecule has 1 amide bonds. The summed E-state index contributed by atoms with van der Waals surface area (Å²) in [5.74, 6) is 1.49. The molecule has 116 valence electrons. The highest BCUT2D eigenvalue weighted by Crippen LogP contribution is 2.59. The predicted octanol–water partition coefficient (Wildman–Crippen LogP) is 3.93. The van der Waals surface area contributed by atoms with E-state index in [2.05, 4.69) is 48.7 Å². The first-order valence-electron chi connectivity index (χ1n) is 8.67. The maximum Gasteiger partial charge on any atom is 0.250 e. The second-order valence-corrected chi connectivity index (χ2v) is 7.77. The molecule has 22 heavy (non-hydrogen) atoms. The number of unbranched alkanes of at least 4 members (excludes halogenated alkanes) is 1. The van der Waals surface area contributed by atoms with Crippen molar-refractivity contribution in [2.24, 2.45) is 22.7 Å². The molecule has 0 aliphatic heterocycles. The molecule has 2 heteroatoms. The van der Waals surface area contributed by atoms with E-state index in [1.807, 2.05) is 6.08 Å². The number of carbonyl (C=O) groups excluding carboxylic acids is 1. The maximum absolute atomic E-state index is 12.2. The molecule has 4 atom stereocenters. The molecule has 0 aromatic carbocycles. The van der Waals surface area contributed by atoms with Gasteiger partial charge in [0.2, 0.25) is 0 Å². The van der Waals surface area contributed by atoms with Gasteiger partial charge in [0, 0.05) is 12.1 Å². The van der Waals surface area contributed by atoms with E-state index in [9.17, 15) is 4.79 Å².